The Bertz CT molecular complexity index is 692. The molecule has 1 fully saturated rings. The van der Waals surface area contributed by atoms with Crippen molar-refractivity contribution in [3.05, 3.63) is 65.7 Å². The van der Waals surface area contributed by atoms with Crippen LogP contribution in [0.15, 0.2) is 48.8 Å². The van der Waals surface area contributed by atoms with E-state index in [0.29, 0.717) is 25.1 Å². The Morgan fingerprint density at radius 1 is 1.38 bits per heavy atom. The number of hydrogen-bond donors (Lipinski definition) is 1. The van der Waals surface area contributed by atoms with Gasteiger partial charge in [0.2, 0.25) is 5.91 Å². The molecule has 2 unspecified atom stereocenters. The largest absolute Gasteiger partial charge is 0.333 e. The number of rotatable bonds is 4. The van der Waals surface area contributed by atoms with Gasteiger partial charge in [0.1, 0.15) is 5.82 Å². The number of halogens is 1. The van der Waals surface area contributed by atoms with Gasteiger partial charge in [-0.1, -0.05) is 31.2 Å². The average Bonchev–Trinajstić information content (AvgIpc) is 2.62. The van der Waals surface area contributed by atoms with Gasteiger partial charge in [-0.05, 0) is 29.2 Å². The molecule has 2 aromatic rings. The van der Waals surface area contributed by atoms with Crippen molar-refractivity contribution in [2.24, 2.45) is 0 Å². The van der Waals surface area contributed by atoms with Crippen LogP contribution in [-0.4, -0.2) is 35.4 Å². The van der Waals surface area contributed by atoms with Crippen LogP contribution in [0.1, 0.15) is 36.4 Å². The zero-order chi connectivity index (χ0) is 16.9. The van der Waals surface area contributed by atoms with E-state index in [1.807, 2.05) is 30.0 Å². The molecule has 1 aliphatic rings. The molecule has 0 bridgehead atoms. The summed E-state index contributed by atoms with van der Waals surface area (Å²) in [6, 6.07) is 10.5. The summed E-state index contributed by atoms with van der Waals surface area (Å²) in [5.74, 6) is -0.342. The maximum absolute atomic E-state index is 13.9. The van der Waals surface area contributed by atoms with Crippen molar-refractivity contribution in [2.75, 3.05) is 19.6 Å². The highest BCUT2D eigenvalue weighted by molar-refractivity contribution is 5.77. The lowest BCUT2D eigenvalue weighted by Gasteiger charge is -2.37. The summed E-state index contributed by atoms with van der Waals surface area (Å²) < 4.78 is 13.9. The SMILES string of the molecule is CC(CC(=O)N1CCNCC1c1cccnc1)c1ccccc1F. The smallest absolute Gasteiger partial charge is 0.223 e. The number of carbonyl (C=O) groups excluding carboxylic acids is 1. The van der Waals surface area contributed by atoms with Crippen LogP contribution in [0.4, 0.5) is 4.39 Å². The Morgan fingerprint density at radius 2 is 2.21 bits per heavy atom. The predicted octanol–water partition coefficient (Wildman–Crippen LogP) is 2.89. The van der Waals surface area contributed by atoms with E-state index in [4.69, 9.17) is 0 Å². The molecule has 4 nitrogen and oxygen atoms in total. The van der Waals surface area contributed by atoms with Crippen LogP contribution in [-0.2, 0) is 4.79 Å². The minimum absolute atomic E-state index is 0.0206. The predicted molar refractivity (Wildman–Crippen MR) is 91.0 cm³/mol. The second-order valence-electron chi connectivity index (χ2n) is 6.22. The third kappa shape index (κ3) is 3.62. The molecule has 1 aromatic heterocycles. The minimum Gasteiger partial charge on any atom is -0.333 e. The van der Waals surface area contributed by atoms with Crippen molar-refractivity contribution in [3.8, 4) is 0 Å². The van der Waals surface area contributed by atoms with Gasteiger partial charge < -0.3 is 10.2 Å². The van der Waals surface area contributed by atoms with E-state index >= 15 is 0 Å². The summed E-state index contributed by atoms with van der Waals surface area (Å²) in [5.41, 5.74) is 1.62. The number of amides is 1. The van der Waals surface area contributed by atoms with Crippen LogP contribution in [0.25, 0.3) is 0 Å². The van der Waals surface area contributed by atoms with Gasteiger partial charge in [0.25, 0.3) is 0 Å². The number of aromatic nitrogens is 1. The van der Waals surface area contributed by atoms with Crippen molar-refractivity contribution in [2.45, 2.75) is 25.3 Å². The Kier molecular flexibility index (Phi) is 5.20. The molecule has 24 heavy (non-hydrogen) atoms. The van der Waals surface area contributed by atoms with Gasteiger partial charge in [0, 0.05) is 38.4 Å². The first kappa shape index (κ1) is 16.6. The standard InChI is InChI=1S/C19H22FN3O/c1-14(16-6-2-3-7-17(16)20)11-19(24)23-10-9-22-13-18(23)15-5-4-8-21-12-15/h2-8,12,14,18,22H,9-11,13H2,1H3. The van der Waals surface area contributed by atoms with E-state index in [1.165, 1.54) is 6.07 Å². The molecule has 0 saturated carbocycles. The van der Waals surface area contributed by atoms with Crippen molar-refractivity contribution in [3.63, 3.8) is 0 Å². The van der Waals surface area contributed by atoms with Crippen molar-refractivity contribution in [1.82, 2.24) is 15.2 Å². The number of piperazine rings is 1. The minimum atomic E-state index is -0.248. The molecule has 3 rings (SSSR count). The topological polar surface area (TPSA) is 45.2 Å². The van der Waals surface area contributed by atoms with Crippen LogP contribution in [0.3, 0.4) is 0 Å². The lowest BCUT2D eigenvalue weighted by atomic mass is 9.95. The van der Waals surface area contributed by atoms with E-state index in [-0.39, 0.29) is 23.7 Å². The first-order valence-corrected chi connectivity index (χ1v) is 8.31. The number of carbonyl (C=O) groups is 1. The van der Waals surface area contributed by atoms with Crippen LogP contribution in [0.2, 0.25) is 0 Å². The Hall–Kier alpha value is -2.27. The summed E-state index contributed by atoms with van der Waals surface area (Å²) in [7, 11) is 0. The van der Waals surface area contributed by atoms with Gasteiger partial charge >= 0.3 is 0 Å². The molecular weight excluding hydrogens is 305 g/mol. The monoisotopic (exact) mass is 327 g/mol. The maximum atomic E-state index is 13.9. The molecular formula is C19H22FN3O. The molecule has 1 aliphatic heterocycles. The van der Waals surface area contributed by atoms with Gasteiger partial charge in [-0.2, -0.15) is 0 Å². The van der Waals surface area contributed by atoms with Crippen LogP contribution < -0.4 is 5.32 Å². The molecule has 1 N–H and O–H groups in total. The van der Waals surface area contributed by atoms with E-state index in [9.17, 15) is 9.18 Å². The molecule has 2 heterocycles. The fraction of sp³-hybridized carbons (Fsp3) is 0.368. The highest BCUT2D eigenvalue weighted by Gasteiger charge is 2.29. The third-order valence-electron chi connectivity index (χ3n) is 4.55. The van der Waals surface area contributed by atoms with Gasteiger partial charge in [0.05, 0.1) is 6.04 Å². The van der Waals surface area contributed by atoms with Gasteiger partial charge in [-0.25, -0.2) is 4.39 Å². The number of nitrogens with one attached hydrogen (secondary N) is 1. The molecule has 0 spiro atoms. The fourth-order valence-corrected chi connectivity index (χ4v) is 3.24. The zero-order valence-electron chi connectivity index (χ0n) is 13.8. The van der Waals surface area contributed by atoms with Crippen molar-refractivity contribution >= 4 is 5.91 Å². The fourth-order valence-electron chi connectivity index (χ4n) is 3.24. The Morgan fingerprint density at radius 3 is 2.96 bits per heavy atom. The highest BCUT2D eigenvalue weighted by atomic mass is 19.1. The van der Waals surface area contributed by atoms with E-state index < -0.39 is 0 Å². The third-order valence-corrected chi connectivity index (χ3v) is 4.55. The first-order chi connectivity index (χ1) is 11.7. The van der Waals surface area contributed by atoms with Gasteiger partial charge in [0.15, 0.2) is 0 Å². The summed E-state index contributed by atoms with van der Waals surface area (Å²) in [5, 5.41) is 3.33. The average molecular weight is 327 g/mol. The normalized spacial score (nSPS) is 19.1. The van der Waals surface area contributed by atoms with Gasteiger partial charge in [-0.3, -0.25) is 9.78 Å². The lowest BCUT2D eigenvalue weighted by molar-refractivity contribution is -0.134. The molecule has 1 aromatic carbocycles. The summed E-state index contributed by atoms with van der Waals surface area (Å²) in [6.07, 6.45) is 3.84. The van der Waals surface area contributed by atoms with Crippen molar-refractivity contribution < 1.29 is 9.18 Å². The molecule has 126 valence electrons. The van der Waals surface area contributed by atoms with E-state index in [2.05, 4.69) is 10.3 Å². The maximum Gasteiger partial charge on any atom is 0.223 e. The molecule has 0 aliphatic carbocycles. The first-order valence-electron chi connectivity index (χ1n) is 8.31. The second-order valence-corrected chi connectivity index (χ2v) is 6.22. The van der Waals surface area contributed by atoms with E-state index in [1.54, 1.807) is 24.5 Å². The van der Waals surface area contributed by atoms with Gasteiger partial charge in [-0.15, -0.1) is 0 Å². The van der Waals surface area contributed by atoms with Crippen molar-refractivity contribution in [1.29, 1.82) is 0 Å². The number of hydrogen-bond acceptors (Lipinski definition) is 3. The summed E-state index contributed by atoms with van der Waals surface area (Å²) >= 11 is 0. The molecule has 5 heteroatoms. The zero-order valence-corrected chi connectivity index (χ0v) is 13.8. The molecule has 2 atom stereocenters. The highest BCUT2D eigenvalue weighted by Crippen LogP contribution is 2.27. The lowest BCUT2D eigenvalue weighted by Crippen LogP contribution is -2.48. The molecule has 1 saturated heterocycles. The molecule has 1 amide bonds. The summed E-state index contributed by atoms with van der Waals surface area (Å²) in [6.45, 7) is 4.04. The van der Waals surface area contributed by atoms with E-state index in [0.717, 1.165) is 12.1 Å². The Labute approximate surface area is 141 Å². The summed E-state index contributed by atoms with van der Waals surface area (Å²) in [4.78, 5) is 18.9. The van der Waals surface area contributed by atoms with Crippen LogP contribution in [0.5, 0.6) is 0 Å². The van der Waals surface area contributed by atoms with Crippen LogP contribution in [0, 0.1) is 5.82 Å². The quantitative estimate of drug-likeness (QED) is 0.939. The second kappa shape index (κ2) is 7.53. The molecule has 0 radical (unpaired) electrons. The number of nitrogens with zero attached hydrogens (tertiary/aromatic N) is 2. The van der Waals surface area contributed by atoms with Crippen LogP contribution >= 0.6 is 0 Å². The Balaban J connectivity index is 1.74. The number of pyridine rings is 1. The number of benzene rings is 1.